The number of rotatable bonds is 3. The van der Waals surface area contributed by atoms with Crippen molar-refractivity contribution in [2.45, 2.75) is 13.0 Å². The molecule has 1 unspecified atom stereocenters. The normalized spacial score (nSPS) is 12.4. The van der Waals surface area contributed by atoms with E-state index < -0.39 is 0 Å². The second-order valence-corrected chi connectivity index (χ2v) is 2.83. The van der Waals surface area contributed by atoms with Gasteiger partial charge in [-0.05, 0) is 13.0 Å². The van der Waals surface area contributed by atoms with Gasteiger partial charge in [0.25, 0.3) is 0 Å². The van der Waals surface area contributed by atoms with Gasteiger partial charge in [-0.1, -0.05) is 0 Å². The summed E-state index contributed by atoms with van der Waals surface area (Å²) in [5.41, 5.74) is 0. The first-order valence-electron chi connectivity index (χ1n) is 4.24. The summed E-state index contributed by atoms with van der Waals surface area (Å²) >= 11 is 0. The molecule has 0 saturated carbocycles. The van der Waals surface area contributed by atoms with Crippen LogP contribution in [0.15, 0.2) is 24.9 Å². The van der Waals surface area contributed by atoms with Crippen LogP contribution in [0, 0.1) is 0 Å². The number of nitrogens with one attached hydrogen (secondary N) is 2. The fourth-order valence-electron chi connectivity index (χ4n) is 1.09. The van der Waals surface area contributed by atoms with E-state index in [-0.39, 0.29) is 6.04 Å². The average molecular weight is 190 g/mol. The zero-order valence-corrected chi connectivity index (χ0v) is 7.68. The van der Waals surface area contributed by atoms with E-state index in [0.717, 1.165) is 11.6 Å². The molecule has 0 amide bonds. The fraction of sp³-hybridized carbons (Fsp3) is 0.250. The molecule has 72 valence electrons. The van der Waals surface area contributed by atoms with Gasteiger partial charge in [-0.25, -0.2) is 15.0 Å². The van der Waals surface area contributed by atoms with Crippen LogP contribution < -0.4 is 5.32 Å². The summed E-state index contributed by atoms with van der Waals surface area (Å²) in [6.07, 6.45) is 4.66. The van der Waals surface area contributed by atoms with E-state index >= 15 is 0 Å². The zero-order chi connectivity index (χ0) is 9.80. The van der Waals surface area contributed by atoms with Crippen molar-refractivity contribution in [3.63, 3.8) is 0 Å². The summed E-state index contributed by atoms with van der Waals surface area (Å²) in [7, 11) is 0. The van der Waals surface area contributed by atoms with E-state index in [1.807, 2.05) is 6.92 Å². The van der Waals surface area contributed by atoms with Crippen molar-refractivity contribution in [1.29, 1.82) is 0 Å². The Bertz CT molecular complexity index is 370. The monoisotopic (exact) mass is 190 g/mol. The van der Waals surface area contributed by atoms with Gasteiger partial charge >= 0.3 is 0 Å². The number of aromatic nitrogens is 5. The molecule has 1 atom stereocenters. The average Bonchev–Trinajstić information content (AvgIpc) is 2.72. The van der Waals surface area contributed by atoms with Crippen LogP contribution >= 0.6 is 0 Å². The number of hydrogen-bond donors (Lipinski definition) is 2. The Kier molecular flexibility index (Phi) is 2.35. The van der Waals surface area contributed by atoms with Crippen LogP contribution in [0.3, 0.4) is 0 Å². The molecule has 0 fully saturated rings. The Labute approximate surface area is 80.8 Å². The van der Waals surface area contributed by atoms with Crippen molar-refractivity contribution in [3.05, 3.63) is 30.7 Å². The molecule has 0 aliphatic rings. The molecule has 6 heteroatoms. The lowest BCUT2D eigenvalue weighted by Gasteiger charge is -2.10. The van der Waals surface area contributed by atoms with E-state index in [4.69, 9.17) is 0 Å². The van der Waals surface area contributed by atoms with Gasteiger partial charge < -0.3 is 5.32 Å². The largest absolute Gasteiger partial charge is 0.360 e. The molecule has 0 spiro atoms. The van der Waals surface area contributed by atoms with Crippen LogP contribution in [0.1, 0.15) is 18.8 Å². The number of nitrogens with zero attached hydrogens (tertiary/aromatic N) is 4. The minimum Gasteiger partial charge on any atom is -0.360 e. The van der Waals surface area contributed by atoms with Crippen molar-refractivity contribution >= 4 is 5.82 Å². The van der Waals surface area contributed by atoms with Crippen molar-refractivity contribution < 1.29 is 0 Å². The van der Waals surface area contributed by atoms with Gasteiger partial charge in [0.1, 0.15) is 24.3 Å². The highest BCUT2D eigenvalue weighted by Crippen LogP contribution is 2.11. The molecular formula is C8H10N6. The maximum atomic E-state index is 4.04. The number of anilines is 1. The van der Waals surface area contributed by atoms with E-state index in [0.29, 0.717) is 0 Å². The SMILES string of the molecule is CC(Nc1ccncn1)c1ncn[nH]1. The first-order chi connectivity index (χ1) is 6.86. The minimum absolute atomic E-state index is 0.0485. The summed E-state index contributed by atoms with van der Waals surface area (Å²) in [5.74, 6) is 1.55. The molecule has 0 aliphatic heterocycles. The molecule has 14 heavy (non-hydrogen) atoms. The molecule has 0 aromatic carbocycles. The molecule has 2 N–H and O–H groups in total. The Balaban J connectivity index is 2.06. The number of aromatic amines is 1. The van der Waals surface area contributed by atoms with Gasteiger partial charge in [0.2, 0.25) is 0 Å². The molecule has 0 radical (unpaired) electrons. The van der Waals surface area contributed by atoms with Crippen LogP contribution in [0.25, 0.3) is 0 Å². The van der Waals surface area contributed by atoms with Crippen molar-refractivity contribution in [1.82, 2.24) is 25.1 Å². The Morgan fingerprint density at radius 1 is 1.36 bits per heavy atom. The predicted octanol–water partition coefficient (Wildman–Crippen LogP) is 0.768. The summed E-state index contributed by atoms with van der Waals surface area (Å²) in [6.45, 7) is 1.97. The molecular weight excluding hydrogens is 180 g/mol. The van der Waals surface area contributed by atoms with Gasteiger partial charge in [0.05, 0.1) is 6.04 Å². The zero-order valence-electron chi connectivity index (χ0n) is 7.68. The molecule has 2 rings (SSSR count). The highest BCUT2D eigenvalue weighted by atomic mass is 15.2. The lowest BCUT2D eigenvalue weighted by atomic mass is 10.3. The molecule has 0 saturated heterocycles. The highest BCUT2D eigenvalue weighted by molar-refractivity contribution is 5.33. The third-order valence-electron chi connectivity index (χ3n) is 1.79. The Morgan fingerprint density at radius 2 is 2.29 bits per heavy atom. The van der Waals surface area contributed by atoms with E-state index in [1.165, 1.54) is 12.7 Å². The standard InChI is InChI=1S/C8H10N6/c1-6(8-11-5-12-14-8)13-7-2-3-9-4-10-7/h2-6H,1H3,(H,9,10,13)(H,11,12,14). The molecule has 2 heterocycles. The molecule has 0 aliphatic carbocycles. The van der Waals surface area contributed by atoms with Gasteiger partial charge in [-0.2, -0.15) is 5.10 Å². The first-order valence-corrected chi connectivity index (χ1v) is 4.24. The van der Waals surface area contributed by atoms with Crippen molar-refractivity contribution in [2.75, 3.05) is 5.32 Å². The van der Waals surface area contributed by atoms with Gasteiger partial charge in [0.15, 0.2) is 0 Å². The molecule has 2 aromatic rings. The maximum Gasteiger partial charge on any atom is 0.146 e. The quantitative estimate of drug-likeness (QED) is 0.747. The third-order valence-corrected chi connectivity index (χ3v) is 1.79. The smallest absolute Gasteiger partial charge is 0.146 e. The minimum atomic E-state index is 0.0485. The molecule has 0 bridgehead atoms. The van der Waals surface area contributed by atoms with Gasteiger partial charge in [0, 0.05) is 6.20 Å². The Morgan fingerprint density at radius 3 is 2.93 bits per heavy atom. The van der Waals surface area contributed by atoms with Crippen molar-refractivity contribution in [2.24, 2.45) is 0 Å². The van der Waals surface area contributed by atoms with Gasteiger partial charge in [-0.3, -0.25) is 5.10 Å². The van der Waals surface area contributed by atoms with Crippen LogP contribution in [0.5, 0.6) is 0 Å². The molecule has 6 nitrogen and oxygen atoms in total. The summed E-state index contributed by atoms with van der Waals surface area (Å²) in [6, 6.07) is 1.85. The van der Waals surface area contributed by atoms with E-state index in [1.54, 1.807) is 12.3 Å². The highest BCUT2D eigenvalue weighted by Gasteiger charge is 2.07. The lowest BCUT2D eigenvalue weighted by Crippen LogP contribution is -2.09. The molecule has 2 aromatic heterocycles. The van der Waals surface area contributed by atoms with Crippen LogP contribution in [-0.2, 0) is 0 Å². The van der Waals surface area contributed by atoms with Crippen molar-refractivity contribution in [3.8, 4) is 0 Å². The maximum absolute atomic E-state index is 4.04. The predicted molar refractivity (Wildman–Crippen MR) is 50.5 cm³/mol. The topological polar surface area (TPSA) is 79.4 Å². The van der Waals surface area contributed by atoms with E-state index in [9.17, 15) is 0 Å². The second-order valence-electron chi connectivity index (χ2n) is 2.83. The van der Waals surface area contributed by atoms with Crippen LogP contribution in [-0.4, -0.2) is 25.1 Å². The fourth-order valence-corrected chi connectivity index (χ4v) is 1.09. The number of H-pyrrole nitrogens is 1. The van der Waals surface area contributed by atoms with Crippen LogP contribution in [0.2, 0.25) is 0 Å². The van der Waals surface area contributed by atoms with Crippen LogP contribution in [0.4, 0.5) is 5.82 Å². The van der Waals surface area contributed by atoms with Gasteiger partial charge in [-0.15, -0.1) is 0 Å². The summed E-state index contributed by atoms with van der Waals surface area (Å²) in [4.78, 5) is 11.9. The van der Waals surface area contributed by atoms with E-state index in [2.05, 4.69) is 30.5 Å². The summed E-state index contributed by atoms with van der Waals surface area (Å²) in [5, 5.41) is 9.73. The number of hydrogen-bond acceptors (Lipinski definition) is 5. The summed E-state index contributed by atoms with van der Waals surface area (Å²) < 4.78 is 0. The second kappa shape index (κ2) is 3.82. The third kappa shape index (κ3) is 1.85. The lowest BCUT2D eigenvalue weighted by molar-refractivity contribution is 0.789. The Hall–Kier alpha value is -1.98. The first kappa shape index (κ1) is 8.61.